The average Bonchev–Trinajstić information content (AvgIpc) is 2.80. The predicted molar refractivity (Wildman–Crippen MR) is 141 cm³/mol. The van der Waals surface area contributed by atoms with Gasteiger partial charge in [-0.1, -0.05) is 24.3 Å². The summed E-state index contributed by atoms with van der Waals surface area (Å²) >= 11 is 0. The molecule has 0 saturated heterocycles. The van der Waals surface area contributed by atoms with Crippen LogP contribution in [0.1, 0.15) is 58.6 Å². The molecule has 0 atom stereocenters. The molecule has 0 aliphatic carbocycles. The molecule has 0 aliphatic rings. The zero-order valence-corrected chi connectivity index (χ0v) is 23.4. The van der Waals surface area contributed by atoms with Gasteiger partial charge in [0.25, 0.3) is 0 Å². The van der Waals surface area contributed by atoms with Gasteiger partial charge in [-0.3, -0.25) is 9.98 Å². The van der Waals surface area contributed by atoms with Gasteiger partial charge in [0.2, 0.25) is 0 Å². The lowest BCUT2D eigenvalue weighted by Crippen LogP contribution is -2.46. The largest absolute Gasteiger partial charge is 0.500 e. The van der Waals surface area contributed by atoms with Crippen molar-refractivity contribution in [1.29, 1.82) is 0 Å². The average molecular weight is 497 g/mol. The van der Waals surface area contributed by atoms with E-state index in [1.807, 2.05) is 59.2 Å². The first-order valence-electron chi connectivity index (χ1n) is 12.4. The lowest BCUT2D eigenvalue weighted by molar-refractivity contribution is 0.0710. The van der Waals surface area contributed by atoms with E-state index < -0.39 is 18.1 Å². The fourth-order valence-electron chi connectivity index (χ4n) is 3.40. The monoisotopic (exact) mass is 496 g/mol. The Bertz CT molecular complexity index is 653. The summed E-state index contributed by atoms with van der Waals surface area (Å²) in [6, 6.07) is 9.95. The van der Waals surface area contributed by atoms with Crippen molar-refractivity contribution in [3.63, 3.8) is 0 Å². The highest BCUT2D eigenvalue weighted by atomic mass is 28.4. The van der Waals surface area contributed by atoms with Crippen molar-refractivity contribution in [3.8, 4) is 0 Å². The van der Waals surface area contributed by atoms with Crippen molar-refractivity contribution in [2.75, 3.05) is 46.1 Å². The van der Waals surface area contributed by atoms with Gasteiger partial charge in [0.05, 0.1) is 0 Å². The quantitative estimate of drug-likeness (QED) is 0.149. The molecular formula is C24H44N2O5Si2. The van der Waals surface area contributed by atoms with E-state index in [4.69, 9.17) is 22.1 Å². The zero-order chi connectivity index (χ0) is 24.2. The third kappa shape index (κ3) is 12.7. The van der Waals surface area contributed by atoms with Crippen molar-refractivity contribution in [1.82, 2.24) is 0 Å². The van der Waals surface area contributed by atoms with Crippen molar-refractivity contribution >= 4 is 30.5 Å². The highest BCUT2D eigenvalue weighted by molar-refractivity contribution is 6.60. The lowest BCUT2D eigenvalue weighted by Gasteiger charge is -2.28. The first-order chi connectivity index (χ1) is 16.1. The van der Waals surface area contributed by atoms with E-state index in [2.05, 4.69) is 22.1 Å². The SMILES string of the molecule is CCO[SiH](CCC/N=C/c1ccccc1/C=N/CCC[Si](OCC)(OCC)OCC)OCC. The maximum atomic E-state index is 5.91. The van der Waals surface area contributed by atoms with Crippen molar-refractivity contribution < 1.29 is 22.1 Å². The summed E-state index contributed by atoms with van der Waals surface area (Å²) in [4.78, 5) is 9.25. The van der Waals surface area contributed by atoms with Crippen LogP contribution in [-0.4, -0.2) is 76.6 Å². The second-order valence-corrected chi connectivity index (χ2v) is 12.1. The van der Waals surface area contributed by atoms with Crippen LogP contribution in [0.25, 0.3) is 0 Å². The van der Waals surface area contributed by atoms with Crippen LogP contribution < -0.4 is 0 Å². The smallest absolute Gasteiger partial charge is 0.397 e. The Morgan fingerprint density at radius 3 is 1.67 bits per heavy atom. The normalized spacial score (nSPS) is 12.5. The van der Waals surface area contributed by atoms with E-state index >= 15 is 0 Å². The van der Waals surface area contributed by atoms with Gasteiger partial charge in [0.1, 0.15) is 0 Å². The standard InChI is InChI=1S/C24H44N2O5Si2/c1-6-27-32(28-7-2)19-13-17-25-21-23-15-11-12-16-24(23)22-26-18-14-20-33(29-8-3,30-9-4)31-10-5/h11-12,15-16,21-22,32H,6-10,13-14,17-20H2,1-5H3/b25-21+,26-22+. The van der Waals surface area contributed by atoms with E-state index in [-0.39, 0.29) is 0 Å². The Balaban J connectivity index is 2.55. The van der Waals surface area contributed by atoms with Gasteiger partial charge in [-0.05, 0) is 53.5 Å². The molecule has 0 saturated carbocycles. The molecule has 9 heteroatoms. The molecule has 0 N–H and O–H groups in total. The summed E-state index contributed by atoms with van der Waals surface area (Å²) in [7, 11) is -4.12. The first kappa shape index (κ1) is 29.8. The highest BCUT2D eigenvalue weighted by Gasteiger charge is 2.39. The second-order valence-electron chi connectivity index (χ2n) is 7.27. The minimum atomic E-state index is -2.59. The Labute approximate surface area is 203 Å². The molecule has 1 aromatic carbocycles. The molecule has 0 aromatic heterocycles. The van der Waals surface area contributed by atoms with Crippen LogP contribution in [0.5, 0.6) is 0 Å². The molecule has 0 unspecified atom stereocenters. The van der Waals surface area contributed by atoms with E-state index in [0.717, 1.165) is 55.8 Å². The van der Waals surface area contributed by atoms with Gasteiger partial charge >= 0.3 is 18.1 Å². The van der Waals surface area contributed by atoms with Gasteiger partial charge in [0.15, 0.2) is 0 Å². The minimum Gasteiger partial charge on any atom is -0.397 e. The van der Waals surface area contributed by atoms with Crippen LogP contribution in [0.15, 0.2) is 34.3 Å². The Kier molecular flexibility index (Phi) is 17.3. The number of hydrogen-bond acceptors (Lipinski definition) is 7. The molecule has 0 heterocycles. The summed E-state index contributed by atoms with van der Waals surface area (Å²) in [5.74, 6) is 0. The molecule has 33 heavy (non-hydrogen) atoms. The van der Waals surface area contributed by atoms with E-state index in [1.54, 1.807) is 0 Å². The van der Waals surface area contributed by atoms with Crippen LogP contribution in [-0.2, 0) is 22.1 Å². The number of aliphatic imine (C=N–C) groups is 2. The third-order valence-corrected chi connectivity index (χ3v) is 10.2. The van der Waals surface area contributed by atoms with Crippen LogP contribution in [0.4, 0.5) is 0 Å². The van der Waals surface area contributed by atoms with Crippen LogP contribution >= 0.6 is 0 Å². The van der Waals surface area contributed by atoms with Crippen molar-refractivity contribution in [2.24, 2.45) is 9.98 Å². The molecule has 188 valence electrons. The van der Waals surface area contributed by atoms with Gasteiger partial charge in [0, 0.05) is 75.7 Å². The maximum absolute atomic E-state index is 5.91. The number of rotatable bonds is 20. The zero-order valence-electron chi connectivity index (χ0n) is 21.3. The molecule has 0 bridgehead atoms. The summed E-state index contributed by atoms with van der Waals surface area (Å²) in [5.41, 5.74) is 2.14. The molecule has 1 rings (SSSR count). The Hall–Kier alpha value is -1.21. The molecule has 1 aromatic rings. The van der Waals surface area contributed by atoms with E-state index in [1.165, 1.54) is 0 Å². The molecule has 0 amide bonds. The van der Waals surface area contributed by atoms with E-state index in [9.17, 15) is 0 Å². The van der Waals surface area contributed by atoms with Gasteiger partial charge < -0.3 is 22.1 Å². The predicted octanol–water partition coefficient (Wildman–Crippen LogP) is 4.65. The number of benzene rings is 1. The van der Waals surface area contributed by atoms with Crippen LogP contribution in [0, 0.1) is 0 Å². The van der Waals surface area contributed by atoms with Gasteiger partial charge in [-0.2, -0.15) is 0 Å². The topological polar surface area (TPSA) is 70.9 Å². The Morgan fingerprint density at radius 1 is 0.727 bits per heavy atom. The van der Waals surface area contributed by atoms with Crippen LogP contribution in [0.3, 0.4) is 0 Å². The van der Waals surface area contributed by atoms with E-state index in [0.29, 0.717) is 26.4 Å². The molecular weight excluding hydrogens is 452 g/mol. The van der Waals surface area contributed by atoms with Crippen LogP contribution in [0.2, 0.25) is 12.1 Å². The fourth-order valence-corrected chi connectivity index (χ4v) is 7.68. The second kappa shape index (κ2) is 19.1. The molecule has 0 fully saturated rings. The first-order valence-corrected chi connectivity index (χ1v) is 16.1. The summed E-state index contributed by atoms with van der Waals surface area (Å²) in [6.07, 6.45) is 5.72. The fraction of sp³-hybridized carbons (Fsp3) is 0.667. The van der Waals surface area contributed by atoms with Gasteiger partial charge in [-0.15, -0.1) is 0 Å². The minimum absolute atomic E-state index is 0.600. The number of hydrogen-bond donors (Lipinski definition) is 0. The summed E-state index contributed by atoms with van der Waals surface area (Å²) in [6.45, 7) is 14.7. The summed E-state index contributed by atoms with van der Waals surface area (Å²) < 4.78 is 29.2. The van der Waals surface area contributed by atoms with Crippen molar-refractivity contribution in [2.45, 2.75) is 59.5 Å². The van der Waals surface area contributed by atoms with Gasteiger partial charge in [-0.25, -0.2) is 0 Å². The Morgan fingerprint density at radius 2 is 1.21 bits per heavy atom. The third-order valence-electron chi connectivity index (χ3n) is 4.75. The lowest BCUT2D eigenvalue weighted by atomic mass is 10.1. The summed E-state index contributed by atoms with van der Waals surface area (Å²) in [5, 5.41) is 0. The highest BCUT2D eigenvalue weighted by Crippen LogP contribution is 2.18. The number of nitrogens with zero attached hydrogens (tertiary/aromatic N) is 2. The van der Waals surface area contributed by atoms with Crippen molar-refractivity contribution in [3.05, 3.63) is 35.4 Å². The molecule has 0 spiro atoms. The maximum Gasteiger partial charge on any atom is 0.500 e. The molecule has 0 aliphatic heterocycles. The molecule has 7 nitrogen and oxygen atoms in total. The molecule has 0 radical (unpaired) electrons.